The summed E-state index contributed by atoms with van der Waals surface area (Å²) in [4.78, 5) is 11.4. The van der Waals surface area contributed by atoms with E-state index in [1.807, 2.05) is 0 Å². The summed E-state index contributed by atoms with van der Waals surface area (Å²) < 4.78 is 5.08. The molecule has 0 amide bonds. The third-order valence-electron chi connectivity index (χ3n) is 4.13. The summed E-state index contributed by atoms with van der Waals surface area (Å²) in [6.07, 6.45) is 2.84. The van der Waals surface area contributed by atoms with Crippen molar-refractivity contribution in [3.63, 3.8) is 0 Å². The van der Waals surface area contributed by atoms with Gasteiger partial charge in [0.05, 0.1) is 18.6 Å². The van der Waals surface area contributed by atoms with Gasteiger partial charge in [0.15, 0.2) is 0 Å². The van der Waals surface area contributed by atoms with Crippen molar-refractivity contribution in [2.24, 2.45) is 23.7 Å². The maximum atomic E-state index is 11.4. The van der Waals surface area contributed by atoms with E-state index in [0.29, 0.717) is 18.4 Å². The largest absolute Gasteiger partial charge is 0.465 e. The fraction of sp³-hybridized carbons (Fsp3) is 0.900. The Labute approximate surface area is 77.1 Å². The average molecular weight is 182 g/mol. The summed E-state index contributed by atoms with van der Waals surface area (Å²) in [5.41, 5.74) is 0. The van der Waals surface area contributed by atoms with E-state index >= 15 is 0 Å². The first-order valence-corrected chi connectivity index (χ1v) is 5.12. The zero-order valence-corrected chi connectivity index (χ0v) is 7.48. The summed E-state index contributed by atoms with van der Waals surface area (Å²) in [5, 5.41) is 9.76. The minimum Gasteiger partial charge on any atom is -0.465 e. The number of esters is 1. The third-order valence-corrected chi connectivity index (χ3v) is 4.13. The molecule has 5 atom stereocenters. The SMILES string of the molecule is O=C1OCC2C3CCC(C(O)C3)C12. The molecule has 3 nitrogen and oxygen atoms in total. The number of rotatable bonds is 0. The highest BCUT2D eigenvalue weighted by Crippen LogP contribution is 2.51. The molecule has 72 valence electrons. The molecular formula is C10H14O3. The van der Waals surface area contributed by atoms with Crippen molar-refractivity contribution < 1.29 is 14.6 Å². The van der Waals surface area contributed by atoms with Crippen molar-refractivity contribution in [3.05, 3.63) is 0 Å². The molecule has 4 fully saturated rings. The molecule has 0 aromatic rings. The second kappa shape index (κ2) is 2.47. The lowest BCUT2D eigenvalue weighted by atomic mass is 9.58. The van der Waals surface area contributed by atoms with Crippen LogP contribution in [0.5, 0.6) is 0 Å². The van der Waals surface area contributed by atoms with Crippen molar-refractivity contribution in [2.45, 2.75) is 25.4 Å². The van der Waals surface area contributed by atoms with Crippen LogP contribution in [0, 0.1) is 23.7 Å². The number of hydrogen-bond donors (Lipinski definition) is 1. The average Bonchev–Trinajstić information content (AvgIpc) is 2.51. The van der Waals surface area contributed by atoms with Crippen LogP contribution in [0.25, 0.3) is 0 Å². The number of aliphatic hydroxyl groups is 1. The van der Waals surface area contributed by atoms with Crippen molar-refractivity contribution in [1.29, 1.82) is 0 Å². The predicted octanol–water partition coefficient (Wildman–Crippen LogP) is 0.566. The highest BCUT2D eigenvalue weighted by Gasteiger charge is 2.54. The topological polar surface area (TPSA) is 46.5 Å². The maximum Gasteiger partial charge on any atom is 0.309 e. The molecule has 1 heterocycles. The number of fused-ring (bicyclic) bond motifs is 2. The summed E-state index contributed by atoms with van der Waals surface area (Å²) in [6, 6.07) is 0. The van der Waals surface area contributed by atoms with E-state index in [1.54, 1.807) is 0 Å². The predicted molar refractivity (Wildman–Crippen MR) is 44.8 cm³/mol. The lowest BCUT2D eigenvalue weighted by Crippen LogP contribution is -2.48. The molecular weight excluding hydrogens is 168 g/mol. The van der Waals surface area contributed by atoms with Gasteiger partial charge in [-0.15, -0.1) is 0 Å². The third kappa shape index (κ3) is 0.909. The molecule has 2 bridgehead atoms. The summed E-state index contributed by atoms with van der Waals surface area (Å²) in [6.45, 7) is 0.609. The molecule has 4 aliphatic rings. The van der Waals surface area contributed by atoms with Crippen LogP contribution >= 0.6 is 0 Å². The van der Waals surface area contributed by atoms with Gasteiger partial charge in [0.25, 0.3) is 0 Å². The van der Waals surface area contributed by atoms with Gasteiger partial charge in [-0.3, -0.25) is 4.79 Å². The smallest absolute Gasteiger partial charge is 0.309 e. The van der Waals surface area contributed by atoms with Gasteiger partial charge in [-0.2, -0.15) is 0 Å². The highest BCUT2D eigenvalue weighted by atomic mass is 16.5. The Bertz CT molecular complexity index is 251. The zero-order valence-electron chi connectivity index (χ0n) is 7.48. The monoisotopic (exact) mass is 182 g/mol. The molecule has 0 radical (unpaired) electrons. The van der Waals surface area contributed by atoms with Gasteiger partial charge in [-0.25, -0.2) is 0 Å². The van der Waals surface area contributed by atoms with Gasteiger partial charge in [-0.1, -0.05) is 0 Å². The van der Waals surface area contributed by atoms with Gasteiger partial charge < -0.3 is 9.84 Å². The number of cyclic esters (lactones) is 1. The second-order valence-corrected chi connectivity index (χ2v) is 4.62. The Hall–Kier alpha value is -0.570. The summed E-state index contributed by atoms with van der Waals surface area (Å²) in [5.74, 6) is 1.14. The molecule has 0 spiro atoms. The standard InChI is InChI=1S/C10H14O3/c11-8-3-5-1-2-6(8)9-7(5)4-13-10(9)12/h5-9,11H,1-4H2. The molecule has 4 rings (SSSR count). The first kappa shape index (κ1) is 7.80. The molecule has 1 N–H and O–H groups in total. The van der Waals surface area contributed by atoms with E-state index < -0.39 is 0 Å². The Morgan fingerprint density at radius 3 is 2.92 bits per heavy atom. The first-order chi connectivity index (χ1) is 6.27. The van der Waals surface area contributed by atoms with E-state index in [9.17, 15) is 9.90 Å². The highest BCUT2D eigenvalue weighted by molar-refractivity contribution is 5.75. The molecule has 3 saturated carbocycles. The van der Waals surface area contributed by atoms with Gasteiger partial charge in [0.1, 0.15) is 0 Å². The fourth-order valence-electron chi connectivity index (χ4n) is 3.48. The normalized spacial score (nSPS) is 53.3. The van der Waals surface area contributed by atoms with Crippen LogP contribution in [0.2, 0.25) is 0 Å². The van der Waals surface area contributed by atoms with Crippen LogP contribution in [0.3, 0.4) is 0 Å². The first-order valence-electron chi connectivity index (χ1n) is 5.12. The second-order valence-electron chi connectivity index (χ2n) is 4.62. The van der Waals surface area contributed by atoms with E-state index in [2.05, 4.69) is 0 Å². The van der Waals surface area contributed by atoms with Gasteiger partial charge in [0.2, 0.25) is 0 Å². The minimum atomic E-state index is -0.245. The van der Waals surface area contributed by atoms with E-state index in [0.717, 1.165) is 12.8 Å². The molecule has 1 saturated heterocycles. The number of hydrogen-bond acceptors (Lipinski definition) is 3. The van der Waals surface area contributed by atoms with Crippen LogP contribution in [0.15, 0.2) is 0 Å². The lowest BCUT2D eigenvalue weighted by Gasteiger charge is -2.45. The molecule has 1 aliphatic heterocycles. The van der Waals surface area contributed by atoms with Crippen LogP contribution in [-0.2, 0) is 9.53 Å². The quantitative estimate of drug-likeness (QED) is 0.557. The molecule has 5 unspecified atom stereocenters. The molecule has 0 aromatic heterocycles. The van der Waals surface area contributed by atoms with E-state index in [1.165, 1.54) is 6.42 Å². The minimum absolute atomic E-state index is 0.0301. The van der Waals surface area contributed by atoms with Crippen molar-refractivity contribution >= 4 is 5.97 Å². The Balaban J connectivity index is 1.95. The molecule has 3 aliphatic carbocycles. The van der Waals surface area contributed by atoms with Crippen molar-refractivity contribution in [3.8, 4) is 0 Å². The number of ether oxygens (including phenoxy) is 1. The fourth-order valence-corrected chi connectivity index (χ4v) is 3.48. The number of carbonyl (C=O) groups is 1. The molecule has 13 heavy (non-hydrogen) atoms. The van der Waals surface area contributed by atoms with E-state index in [-0.39, 0.29) is 23.9 Å². The summed E-state index contributed by atoms with van der Waals surface area (Å²) >= 11 is 0. The number of aliphatic hydroxyl groups excluding tert-OH is 1. The van der Waals surface area contributed by atoms with Crippen molar-refractivity contribution in [2.75, 3.05) is 6.61 Å². The zero-order chi connectivity index (χ0) is 9.00. The van der Waals surface area contributed by atoms with Gasteiger partial charge in [0, 0.05) is 5.92 Å². The number of carbonyl (C=O) groups excluding carboxylic acids is 1. The maximum absolute atomic E-state index is 11.4. The summed E-state index contributed by atoms with van der Waals surface area (Å²) in [7, 11) is 0. The molecule has 0 aromatic carbocycles. The van der Waals surface area contributed by atoms with Gasteiger partial charge in [-0.05, 0) is 31.1 Å². The Kier molecular flexibility index (Phi) is 1.48. The molecule has 3 heteroatoms. The Morgan fingerprint density at radius 2 is 2.15 bits per heavy atom. The Morgan fingerprint density at radius 1 is 1.31 bits per heavy atom. The van der Waals surface area contributed by atoms with Crippen LogP contribution in [-0.4, -0.2) is 23.8 Å². The van der Waals surface area contributed by atoms with Gasteiger partial charge >= 0.3 is 5.97 Å². The lowest BCUT2D eigenvalue weighted by molar-refractivity contribution is -0.147. The van der Waals surface area contributed by atoms with Crippen LogP contribution in [0.1, 0.15) is 19.3 Å². The van der Waals surface area contributed by atoms with Crippen LogP contribution in [0.4, 0.5) is 0 Å². The van der Waals surface area contributed by atoms with Crippen LogP contribution < -0.4 is 0 Å². The van der Waals surface area contributed by atoms with E-state index in [4.69, 9.17) is 4.74 Å². The van der Waals surface area contributed by atoms with Crippen molar-refractivity contribution in [1.82, 2.24) is 0 Å².